The largest absolute Gasteiger partial charge is 0.493 e. The number of hydrogen-bond donors (Lipinski definition) is 0. The Morgan fingerprint density at radius 1 is 1.24 bits per heavy atom. The first-order valence-corrected chi connectivity index (χ1v) is 7.37. The summed E-state index contributed by atoms with van der Waals surface area (Å²) in [5.74, 6) is -1.07. The van der Waals surface area contributed by atoms with Crippen LogP contribution in [0.25, 0.3) is 0 Å². The van der Waals surface area contributed by atoms with Crippen LogP contribution in [0.2, 0.25) is 0 Å². The summed E-state index contributed by atoms with van der Waals surface area (Å²) < 4.78 is 28.6. The SMILES string of the molecule is CCOc1cc([N+](=O)[O-])c(C(=O)OCc2cccc(F)c2)cc1OC. The maximum absolute atomic E-state index is 13.1. The molecule has 8 heteroatoms. The Bertz CT molecular complexity index is 793. The van der Waals surface area contributed by atoms with Crippen molar-refractivity contribution in [3.8, 4) is 11.5 Å². The zero-order valence-corrected chi connectivity index (χ0v) is 13.7. The van der Waals surface area contributed by atoms with Crippen molar-refractivity contribution >= 4 is 11.7 Å². The molecule has 2 aromatic carbocycles. The van der Waals surface area contributed by atoms with E-state index in [0.717, 1.165) is 6.07 Å². The van der Waals surface area contributed by atoms with E-state index in [0.29, 0.717) is 5.56 Å². The van der Waals surface area contributed by atoms with Crippen LogP contribution in [0, 0.1) is 15.9 Å². The second kappa shape index (κ2) is 8.09. The summed E-state index contributed by atoms with van der Waals surface area (Å²) in [6.45, 7) is 1.77. The first kappa shape index (κ1) is 18.2. The minimum Gasteiger partial charge on any atom is -0.493 e. The molecule has 0 amide bonds. The summed E-state index contributed by atoms with van der Waals surface area (Å²) in [5.41, 5.74) is -0.316. The van der Waals surface area contributed by atoms with Gasteiger partial charge in [-0.1, -0.05) is 12.1 Å². The molecule has 0 aliphatic heterocycles. The van der Waals surface area contributed by atoms with Crippen molar-refractivity contribution in [1.29, 1.82) is 0 Å². The number of nitro benzene ring substituents is 1. The summed E-state index contributed by atoms with van der Waals surface area (Å²) in [5, 5.41) is 11.3. The molecule has 2 rings (SSSR count). The predicted octanol–water partition coefficient (Wildman–Crippen LogP) is 3.50. The second-order valence-corrected chi connectivity index (χ2v) is 4.92. The van der Waals surface area contributed by atoms with Crippen molar-refractivity contribution in [3.05, 3.63) is 63.5 Å². The summed E-state index contributed by atoms with van der Waals surface area (Å²) in [4.78, 5) is 22.8. The maximum Gasteiger partial charge on any atom is 0.345 e. The zero-order chi connectivity index (χ0) is 18.4. The summed E-state index contributed by atoms with van der Waals surface area (Å²) in [6.07, 6.45) is 0. The van der Waals surface area contributed by atoms with Crippen molar-refractivity contribution in [2.24, 2.45) is 0 Å². The second-order valence-electron chi connectivity index (χ2n) is 4.92. The van der Waals surface area contributed by atoms with E-state index in [1.807, 2.05) is 0 Å². The van der Waals surface area contributed by atoms with Gasteiger partial charge in [0.15, 0.2) is 11.5 Å². The number of halogens is 1. The fourth-order valence-corrected chi connectivity index (χ4v) is 2.14. The number of esters is 1. The number of nitrogens with zero attached hydrogens (tertiary/aromatic N) is 1. The van der Waals surface area contributed by atoms with E-state index < -0.39 is 22.4 Å². The monoisotopic (exact) mass is 349 g/mol. The van der Waals surface area contributed by atoms with Crippen molar-refractivity contribution in [2.45, 2.75) is 13.5 Å². The lowest BCUT2D eigenvalue weighted by Crippen LogP contribution is -2.09. The lowest BCUT2D eigenvalue weighted by Gasteiger charge is -2.11. The van der Waals surface area contributed by atoms with Crippen LogP contribution in [-0.2, 0) is 11.3 Å². The van der Waals surface area contributed by atoms with Crippen molar-refractivity contribution in [2.75, 3.05) is 13.7 Å². The number of carbonyl (C=O) groups excluding carboxylic acids is 1. The number of methoxy groups -OCH3 is 1. The molecule has 0 unspecified atom stereocenters. The molecule has 0 radical (unpaired) electrons. The number of rotatable bonds is 7. The van der Waals surface area contributed by atoms with Gasteiger partial charge in [-0.25, -0.2) is 9.18 Å². The van der Waals surface area contributed by atoms with E-state index in [-0.39, 0.29) is 30.3 Å². The Morgan fingerprint density at radius 2 is 2.00 bits per heavy atom. The van der Waals surface area contributed by atoms with Crippen molar-refractivity contribution in [1.82, 2.24) is 0 Å². The minimum atomic E-state index is -0.919. The molecule has 0 N–H and O–H groups in total. The molecule has 0 saturated heterocycles. The average Bonchev–Trinajstić information content (AvgIpc) is 2.59. The van der Waals surface area contributed by atoms with Crippen molar-refractivity contribution in [3.63, 3.8) is 0 Å². The molecule has 0 aromatic heterocycles. The number of nitro groups is 1. The van der Waals surface area contributed by atoms with Crippen LogP contribution in [0.5, 0.6) is 11.5 Å². The lowest BCUT2D eigenvalue weighted by atomic mass is 10.1. The molecule has 0 saturated carbocycles. The van der Waals surface area contributed by atoms with Gasteiger partial charge in [0.25, 0.3) is 5.69 Å². The molecule has 0 spiro atoms. The van der Waals surface area contributed by atoms with Gasteiger partial charge in [-0.2, -0.15) is 0 Å². The lowest BCUT2D eigenvalue weighted by molar-refractivity contribution is -0.385. The van der Waals surface area contributed by atoms with Gasteiger partial charge in [0.1, 0.15) is 18.0 Å². The van der Waals surface area contributed by atoms with Crippen LogP contribution in [0.3, 0.4) is 0 Å². The molecule has 0 atom stereocenters. The quantitative estimate of drug-likeness (QED) is 0.432. The smallest absolute Gasteiger partial charge is 0.345 e. The third-order valence-corrected chi connectivity index (χ3v) is 3.26. The molecule has 25 heavy (non-hydrogen) atoms. The summed E-state index contributed by atoms with van der Waals surface area (Å²) in [7, 11) is 1.35. The van der Waals surface area contributed by atoms with Gasteiger partial charge in [-0.3, -0.25) is 10.1 Å². The normalized spacial score (nSPS) is 10.2. The highest BCUT2D eigenvalue weighted by Gasteiger charge is 2.26. The van der Waals surface area contributed by atoms with Gasteiger partial charge in [0, 0.05) is 6.07 Å². The third kappa shape index (κ3) is 4.43. The van der Waals surface area contributed by atoms with Crippen LogP contribution in [0.15, 0.2) is 36.4 Å². The van der Waals surface area contributed by atoms with Gasteiger partial charge in [0.05, 0.1) is 24.7 Å². The molecular weight excluding hydrogens is 333 g/mol. The first-order chi connectivity index (χ1) is 12.0. The Balaban J connectivity index is 2.29. The fourth-order valence-electron chi connectivity index (χ4n) is 2.14. The average molecular weight is 349 g/mol. The van der Waals surface area contributed by atoms with E-state index >= 15 is 0 Å². The Hall–Kier alpha value is -3.16. The molecule has 2 aromatic rings. The number of benzene rings is 2. The van der Waals surface area contributed by atoms with Gasteiger partial charge < -0.3 is 14.2 Å². The number of carbonyl (C=O) groups is 1. The van der Waals surface area contributed by atoms with Crippen LogP contribution in [0.1, 0.15) is 22.8 Å². The van der Waals surface area contributed by atoms with E-state index in [9.17, 15) is 19.3 Å². The van der Waals surface area contributed by atoms with Crippen LogP contribution >= 0.6 is 0 Å². The van der Waals surface area contributed by atoms with Gasteiger partial charge >= 0.3 is 5.97 Å². The summed E-state index contributed by atoms with van der Waals surface area (Å²) >= 11 is 0. The highest BCUT2D eigenvalue weighted by Crippen LogP contribution is 2.35. The molecule has 0 bridgehead atoms. The van der Waals surface area contributed by atoms with Gasteiger partial charge in [-0.05, 0) is 24.6 Å². The van der Waals surface area contributed by atoms with Gasteiger partial charge in [0.2, 0.25) is 0 Å². The van der Waals surface area contributed by atoms with Crippen LogP contribution < -0.4 is 9.47 Å². The van der Waals surface area contributed by atoms with Crippen molar-refractivity contribution < 1.29 is 28.3 Å². The maximum atomic E-state index is 13.1. The molecule has 132 valence electrons. The number of hydrogen-bond acceptors (Lipinski definition) is 6. The Labute approximate surface area is 143 Å². The minimum absolute atomic E-state index is 0.151. The molecule has 0 aliphatic carbocycles. The highest BCUT2D eigenvalue weighted by atomic mass is 19.1. The standard InChI is InChI=1S/C17H16FNO6/c1-3-24-16-9-14(19(21)22)13(8-15(16)23-2)17(20)25-10-11-5-4-6-12(18)7-11/h4-9H,3,10H2,1-2H3. The van der Waals surface area contributed by atoms with E-state index in [2.05, 4.69) is 0 Å². The first-order valence-electron chi connectivity index (χ1n) is 7.37. The molecule has 7 nitrogen and oxygen atoms in total. The topological polar surface area (TPSA) is 87.9 Å². The van der Waals surface area contributed by atoms with Crippen LogP contribution in [-0.4, -0.2) is 24.6 Å². The third-order valence-electron chi connectivity index (χ3n) is 3.26. The van der Waals surface area contributed by atoms with E-state index in [1.54, 1.807) is 13.0 Å². The van der Waals surface area contributed by atoms with Gasteiger partial charge in [-0.15, -0.1) is 0 Å². The molecular formula is C17H16FNO6. The Morgan fingerprint density at radius 3 is 2.60 bits per heavy atom. The summed E-state index contributed by atoms with van der Waals surface area (Å²) in [6, 6.07) is 7.82. The molecule has 0 fully saturated rings. The number of ether oxygens (including phenoxy) is 3. The predicted molar refractivity (Wildman–Crippen MR) is 86.3 cm³/mol. The molecule has 0 heterocycles. The van der Waals surface area contributed by atoms with E-state index in [1.165, 1.54) is 31.4 Å². The molecule has 0 aliphatic rings. The Kier molecular flexibility index (Phi) is 5.89. The van der Waals surface area contributed by atoms with E-state index in [4.69, 9.17) is 14.2 Å². The zero-order valence-electron chi connectivity index (χ0n) is 13.7. The fraction of sp³-hybridized carbons (Fsp3) is 0.235. The highest BCUT2D eigenvalue weighted by molar-refractivity contribution is 5.95. The van der Waals surface area contributed by atoms with Crippen LogP contribution in [0.4, 0.5) is 10.1 Å².